The molecule has 8 nitrogen and oxygen atoms in total. The number of amides is 1. The third kappa shape index (κ3) is 4.82. The van der Waals surface area contributed by atoms with E-state index in [1.807, 2.05) is 0 Å². The Morgan fingerprint density at radius 3 is 2.36 bits per heavy atom. The van der Waals surface area contributed by atoms with Crippen molar-refractivity contribution in [3.8, 4) is 11.5 Å². The average molecular weight is 378 g/mol. The number of aromatic amines is 1. The van der Waals surface area contributed by atoms with Gasteiger partial charge in [0.1, 0.15) is 11.5 Å². The average Bonchev–Trinajstić information content (AvgIpc) is 3.16. The fourth-order valence-corrected chi connectivity index (χ4v) is 2.27. The van der Waals surface area contributed by atoms with Crippen LogP contribution in [0.2, 0.25) is 0 Å². The van der Waals surface area contributed by atoms with Gasteiger partial charge in [-0.25, -0.2) is 10.2 Å². The van der Waals surface area contributed by atoms with Gasteiger partial charge in [-0.2, -0.15) is 10.2 Å². The number of carbonyl (C=O) groups excluding carboxylic acids is 2. The van der Waals surface area contributed by atoms with Crippen LogP contribution < -0.4 is 14.9 Å². The molecule has 3 rings (SSSR count). The Hall–Kier alpha value is -3.94. The molecule has 8 heteroatoms. The van der Waals surface area contributed by atoms with Crippen LogP contribution in [0.25, 0.3) is 0 Å². The molecule has 0 radical (unpaired) electrons. The number of H-pyrrole nitrogens is 1. The monoisotopic (exact) mass is 378 g/mol. The Morgan fingerprint density at radius 1 is 1.07 bits per heavy atom. The molecule has 1 amide bonds. The van der Waals surface area contributed by atoms with E-state index in [9.17, 15) is 9.59 Å². The lowest BCUT2D eigenvalue weighted by atomic mass is 10.2. The van der Waals surface area contributed by atoms with Crippen LogP contribution in [-0.2, 0) is 0 Å². The molecule has 0 aliphatic heterocycles. The van der Waals surface area contributed by atoms with Gasteiger partial charge in [0.15, 0.2) is 5.69 Å². The number of ether oxygens (including phenoxy) is 2. The third-order valence-electron chi connectivity index (χ3n) is 3.73. The summed E-state index contributed by atoms with van der Waals surface area (Å²) in [4.78, 5) is 24.0. The van der Waals surface area contributed by atoms with E-state index in [0.29, 0.717) is 17.1 Å². The number of hydrogen-bond donors (Lipinski definition) is 2. The number of nitrogens with one attached hydrogen (secondary N) is 2. The summed E-state index contributed by atoms with van der Waals surface area (Å²) < 4.78 is 10.4. The van der Waals surface area contributed by atoms with Gasteiger partial charge in [0, 0.05) is 5.69 Å². The maximum absolute atomic E-state index is 12.1. The zero-order valence-electron chi connectivity index (χ0n) is 15.3. The highest BCUT2D eigenvalue weighted by atomic mass is 16.5. The van der Waals surface area contributed by atoms with Crippen LogP contribution in [0.1, 0.15) is 32.1 Å². The lowest BCUT2D eigenvalue weighted by Crippen LogP contribution is -2.18. The lowest BCUT2D eigenvalue weighted by Gasteiger charge is -2.05. The first-order valence-corrected chi connectivity index (χ1v) is 8.37. The van der Waals surface area contributed by atoms with Crippen LogP contribution in [0.3, 0.4) is 0 Å². The molecule has 0 aliphatic rings. The van der Waals surface area contributed by atoms with Crippen molar-refractivity contribution in [1.29, 1.82) is 0 Å². The number of benzene rings is 2. The maximum atomic E-state index is 12.1. The summed E-state index contributed by atoms with van der Waals surface area (Å²) in [6, 6.07) is 15.0. The Kier molecular flexibility index (Phi) is 5.81. The minimum atomic E-state index is -0.467. The van der Waals surface area contributed by atoms with Crippen LogP contribution in [0, 0.1) is 6.92 Å². The van der Waals surface area contributed by atoms with Gasteiger partial charge in [-0.15, -0.1) is 0 Å². The first-order valence-electron chi connectivity index (χ1n) is 8.37. The molecule has 2 aromatic carbocycles. The van der Waals surface area contributed by atoms with Crippen molar-refractivity contribution in [3.63, 3.8) is 0 Å². The Balaban J connectivity index is 1.55. The standard InChI is InChI=1S/C20H18N4O4/c1-13-11-18(23-22-13)19(25)24-21-12-14-3-7-17(8-4-14)28-20(26)15-5-9-16(27-2)10-6-15/h3-12H,1-2H3,(H,22,23)(H,24,25)/b21-12-. The number of esters is 1. The Bertz CT molecular complexity index is 992. The molecule has 0 aliphatic carbocycles. The summed E-state index contributed by atoms with van der Waals surface area (Å²) in [5.74, 6) is 0.181. The van der Waals surface area contributed by atoms with Crippen molar-refractivity contribution in [1.82, 2.24) is 15.6 Å². The summed E-state index contributed by atoms with van der Waals surface area (Å²) in [7, 11) is 1.56. The van der Waals surface area contributed by atoms with E-state index in [0.717, 1.165) is 11.3 Å². The van der Waals surface area contributed by atoms with E-state index in [1.54, 1.807) is 68.6 Å². The predicted octanol–water partition coefficient (Wildman–Crippen LogP) is 2.71. The molecule has 0 unspecified atom stereocenters. The van der Waals surface area contributed by atoms with E-state index in [1.165, 1.54) is 6.21 Å². The fraction of sp³-hybridized carbons (Fsp3) is 0.100. The summed E-state index contributed by atoms with van der Waals surface area (Å²) in [5.41, 5.74) is 4.58. The number of hydrazone groups is 1. The van der Waals surface area contributed by atoms with Gasteiger partial charge >= 0.3 is 5.97 Å². The SMILES string of the molecule is COc1ccc(C(=O)Oc2ccc(/C=N\NC(=O)c3cc(C)[nH]n3)cc2)cc1. The Labute approximate surface area is 161 Å². The number of aryl methyl sites for hydroxylation is 1. The number of rotatable bonds is 6. The van der Waals surface area contributed by atoms with Crippen LogP contribution in [0.5, 0.6) is 11.5 Å². The van der Waals surface area contributed by atoms with E-state index in [-0.39, 0.29) is 5.69 Å². The highest BCUT2D eigenvalue weighted by Gasteiger charge is 2.09. The van der Waals surface area contributed by atoms with Crippen molar-refractivity contribution in [2.45, 2.75) is 6.92 Å². The topological polar surface area (TPSA) is 106 Å². The molecule has 1 aromatic heterocycles. The summed E-state index contributed by atoms with van der Waals surface area (Å²) >= 11 is 0. The minimum absolute atomic E-state index is 0.260. The van der Waals surface area contributed by atoms with E-state index in [4.69, 9.17) is 9.47 Å². The van der Waals surface area contributed by atoms with Gasteiger partial charge in [-0.05, 0) is 67.1 Å². The normalized spacial score (nSPS) is 10.6. The molecule has 0 bridgehead atoms. The third-order valence-corrected chi connectivity index (χ3v) is 3.73. The highest BCUT2D eigenvalue weighted by molar-refractivity contribution is 5.93. The fourth-order valence-electron chi connectivity index (χ4n) is 2.27. The lowest BCUT2D eigenvalue weighted by molar-refractivity contribution is 0.0734. The second kappa shape index (κ2) is 8.63. The largest absolute Gasteiger partial charge is 0.497 e. The summed E-state index contributed by atoms with van der Waals surface area (Å²) in [6.45, 7) is 1.80. The molecular formula is C20H18N4O4. The second-order valence-electron chi connectivity index (χ2n) is 5.82. The van der Waals surface area contributed by atoms with Gasteiger partial charge in [0.2, 0.25) is 0 Å². The molecule has 1 heterocycles. The minimum Gasteiger partial charge on any atom is -0.497 e. The number of nitrogens with zero attached hydrogens (tertiary/aromatic N) is 2. The Morgan fingerprint density at radius 2 is 1.75 bits per heavy atom. The molecule has 142 valence electrons. The van der Waals surface area contributed by atoms with Gasteiger partial charge in [0.05, 0.1) is 18.9 Å². The van der Waals surface area contributed by atoms with Crippen LogP contribution in [0.4, 0.5) is 0 Å². The first kappa shape index (κ1) is 18.8. The van der Waals surface area contributed by atoms with Crippen molar-refractivity contribution < 1.29 is 19.1 Å². The molecule has 0 spiro atoms. The van der Waals surface area contributed by atoms with Gasteiger partial charge in [-0.3, -0.25) is 9.89 Å². The number of aromatic nitrogens is 2. The van der Waals surface area contributed by atoms with E-state index >= 15 is 0 Å². The van der Waals surface area contributed by atoms with Crippen molar-refractivity contribution in [3.05, 3.63) is 77.1 Å². The quantitative estimate of drug-likeness (QED) is 0.297. The predicted molar refractivity (Wildman–Crippen MR) is 103 cm³/mol. The maximum Gasteiger partial charge on any atom is 0.343 e. The van der Waals surface area contributed by atoms with Crippen molar-refractivity contribution in [2.24, 2.45) is 5.10 Å². The van der Waals surface area contributed by atoms with Gasteiger partial charge in [0.25, 0.3) is 5.91 Å². The van der Waals surface area contributed by atoms with Gasteiger partial charge < -0.3 is 9.47 Å². The zero-order chi connectivity index (χ0) is 19.9. The molecule has 3 aromatic rings. The molecule has 0 fully saturated rings. The first-order chi connectivity index (χ1) is 13.5. The van der Waals surface area contributed by atoms with Gasteiger partial charge in [-0.1, -0.05) is 0 Å². The molecule has 2 N–H and O–H groups in total. The molecule has 0 atom stereocenters. The number of hydrogen-bond acceptors (Lipinski definition) is 6. The molecule has 0 saturated carbocycles. The van der Waals surface area contributed by atoms with Crippen molar-refractivity contribution in [2.75, 3.05) is 7.11 Å². The van der Waals surface area contributed by atoms with Crippen LogP contribution in [-0.4, -0.2) is 35.4 Å². The zero-order valence-corrected chi connectivity index (χ0v) is 15.3. The second-order valence-corrected chi connectivity index (χ2v) is 5.82. The van der Waals surface area contributed by atoms with E-state index in [2.05, 4.69) is 20.7 Å². The summed E-state index contributed by atoms with van der Waals surface area (Å²) in [6.07, 6.45) is 1.48. The number of carbonyl (C=O) groups is 2. The molecule has 28 heavy (non-hydrogen) atoms. The molecule has 0 saturated heterocycles. The smallest absolute Gasteiger partial charge is 0.343 e. The highest BCUT2D eigenvalue weighted by Crippen LogP contribution is 2.16. The van der Waals surface area contributed by atoms with Crippen LogP contribution in [0.15, 0.2) is 59.7 Å². The van der Waals surface area contributed by atoms with Crippen LogP contribution >= 0.6 is 0 Å². The molecular weight excluding hydrogens is 360 g/mol. The van der Waals surface area contributed by atoms with E-state index < -0.39 is 11.9 Å². The number of methoxy groups -OCH3 is 1. The summed E-state index contributed by atoms with van der Waals surface area (Å²) in [5, 5.41) is 10.4. The van der Waals surface area contributed by atoms with Crippen molar-refractivity contribution >= 4 is 18.1 Å².